The van der Waals surface area contributed by atoms with Crippen molar-refractivity contribution in [1.82, 2.24) is 19.0 Å². The summed E-state index contributed by atoms with van der Waals surface area (Å²) < 4.78 is 28.7. The third kappa shape index (κ3) is 5.70. The van der Waals surface area contributed by atoms with Crippen molar-refractivity contribution in [1.29, 1.82) is 0 Å². The van der Waals surface area contributed by atoms with E-state index in [-0.39, 0.29) is 30.6 Å². The average Bonchev–Trinajstić information content (AvgIpc) is 3.22. The molecule has 0 saturated carbocycles. The van der Waals surface area contributed by atoms with Crippen LogP contribution in [-0.2, 0) is 21.9 Å². The highest BCUT2D eigenvalue weighted by Crippen LogP contribution is 2.26. The van der Waals surface area contributed by atoms with Gasteiger partial charge in [0.1, 0.15) is 5.82 Å². The van der Waals surface area contributed by atoms with Crippen LogP contribution in [0.1, 0.15) is 24.6 Å². The number of nitrogens with zero attached hydrogens (tertiary/aromatic N) is 5. The third-order valence-corrected chi connectivity index (χ3v) is 9.00. The van der Waals surface area contributed by atoms with Gasteiger partial charge < -0.3 is 9.80 Å². The highest BCUT2D eigenvalue weighted by atomic mass is 35.5. The number of thiophene rings is 1. The molecule has 0 aromatic carbocycles. The number of rotatable bonds is 6. The minimum Gasteiger partial charge on any atom is -0.355 e. The minimum atomic E-state index is -3.71. The van der Waals surface area contributed by atoms with Crippen molar-refractivity contribution in [2.75, 3.05) is 37.6 Å². The predicted molar refractivity (Wildman–Crippen MR) is 134 cm³/mol. The van der Waals surface area contributed by atoms with Gasteiger partial charge in [-0.05, 0) is 50.0 Å². The first-order chi connectivity index (χ1) is 16.1. The van der Waals surface area contributed by atoms with Gasteiger partial charge in [-0.1, -0.05) is 11.6 Å². The molecule has 1 atom stereocenters. The molecule has 12 heteroatoms. The van der Waals surface area contributed by atoms with Gasteiger partial charge in [0, 0.05) is 55.6 Å². The molecule has 184 valence electrons. The molecular formula is C22H28ClN5O4S2. The molecule has 4 heterocycles. The number of hydrogen-bond donors (Lipinski definition) is 0. The van der Waals surface area contributed by atoms with Crippen LogP contribution in [0.4, 0.5) is 5.82 Å². The van der Waals surface area contributed by atoms with Crippen molar-refractivity contribution in [3.05, 3.63) is 49.2 Å². The van der Waals surface area contributed by atoms with E-state index >= 15 is 0 Å². The molecule has 2 saturated heterocycles. The molecule has 0 aliphatic carbocycles. The van der Waals surface area contributed by atoms with Gasteiger partial charge in [0.2, 0.25) is 15.9 Å². The van der Waals surface area contributed by atoms with E-state index in [4.69, 9.17) is 11.6 Å². The molecule has 2 fully saturated rings. The molecule has 1 amide bonds. The smallest absolute Gasteiger partial charge is 0.266 e. The maximum atomic E-state index is 12.9. The first-order valence-electron chi connectivity index (χ1n) is 11.1. The van der Waals surface area contributed by atoms with Gasteiger partial charge in [-0.25, -0.2) is 13.1 Å². The maximum Gasteiger partial charge on any atom is 0.266 e. The van der Waals surface area contributed by atoms with Crippen molar-refractivity contribution in [3.63, 3.8) is 0 Å². The average molecular weight is 526 g/mol. The van der Waals surface area contributed by atoms with Gasteiger partial charge >= 0.3 is 0 Å². The monoisotopic (exact) mass is 525 g/mol. The van der Waals surface area contributed by atoms with E-state index in [1.807, 2.05) is 11.8 Å². The largest absolute Gasteiger partial charge is 0.355 e. The van der Waals surface area contributed by atoms with Crippen molar-refractivity contribution in [3.8, 4) is 0 Å². The Hall–Kier alpha value is -2.21. The van der Waals surface area contributed by atoms with Gasteiger partial charge in [-0.2, -0.15) is 9.40 Å². The zero-order chi connectivity index (χ0) is 24.5. The fourth-order valence-electron chi connectivity index (χ4n) is 4.36. The van der Waals surface area contributed by atoms with Gasteiger partial charge in [0.25, 0.3) is 5.56 Å². The first-order valence-corrected chi connectivity index (χ1v) is 13.8. The molecule has 34 heavy (non-hydrogen) atoms. The van der Waals surface area contributed by atoms with Gasteiger partial charge in [0.05, 0.1) is 10.9 Å². The molecule has 1 unspecified atom stereocenters. The summed E-state index contributed by atoms with van der Waals surface area (Å²) in [6.45, 7) is 4.22. The second-order valence-electron chi connectivity index (χ2n) is 8.76. The Labute approximate surface area is 208 Å². The Balaban J connectivity index is 1.32. The molecule has 0 radical (unpaired) electrons. The lowest BCUT2D eigenvalue weighted by Gasteiger charge is -2.41. The molecule has 2 aromatic rings. The molecule has 4 rings (SSSR count). The highest BCUT2D eigenvalue weighted by molar-refractivity contribution is 7.92. The lowest BCUT2D eigenvalue weighted by molar-refractivity contribution is -0.137. The minimum absolute atomic E-state index is 0.140. The SMILES string of the molecule is CC1CN(S(=O)(=O)C=Cc2ccc(Cl)s2)CC(=O)N1CC1CCN(c2ccc(=O)n(C)n2)CC1. The van der Waals surface area contributed by atoms with Crippen LogP contribution in [0.5, 0.6) is 0 Å². The van der Waals surface area contributed by atoms with Crippen LogP contribution in [0.2, 0.25) is 4.34 Å². The number of aromatic nitrogens is 2. The van der Waals surface area contributed by atoms with E-state index < -0.39 is 10.0 Å². The first kappa shape index (κ1) is 24.9. The Morgan fingerprint density at radius 3 is 2.53 bits per heavy atom. The lowest BCUT2D eigenvalue weighted by atomic mass is 9.95. The number of carbonyl (C=O) groups is 1. The lowest BCUT2D eigenvalue weighted by Crippen LogP contribution is -2.57. The van der Waals surface area contributed by atoms with Crippen LogP contribution in [-0.4, -0.2) is 72.1 Å². The summed E-state index contributed by atoms with van der Waals surface area (Å²) in [5, 5.41) is 5.47. The van der Waals surface area contributed by atoms with Crippen molar-refractivity contribution in [2.45, 2.75) is 25.8 Å². The molecular weight excluding hydrogens is 498 g/mol. The van der Waals surface area contributed by atoms with E-state index in [9.17, 15) is 18.0 Å². The van der Waals surface area contributed by atoms with E-state index in [1.165, 1.54) is 32.5 Å². The molecule has 0 spiro atoms. The van der Waals surface area contributed by atoms with E-state index in [0.717, 1.165) is 42.0 Å². The van der Waals surface area contributed by atoms with E-state index in [1.54, 1.807) is 25.2 Å². The van der Waals surface area contributed by atoms with Crippen LogP contribution < -0.4 is 10.5 Å². The van der Waals surface area contributed by atoms with E-state index in [0.29, 0.717) is 16.8 Å². The number of halogens is 1. The van der Waals surface area contributed by atoms with Gasteiger partial charge in [-0.15, -0.1) is 11.3 Å². The predicted octanol–water partition coefficient (Wildman–Crippen LogP) is 2.25. The normalized spacial score (nSPS) is 21.0. The summed E-state index contributed by atoms with van der Waals surface area (Å²) in [4.78, 5) is 29.2. The summed E-state index contributed by atoms with van der Waals surface area (Å²) in [5.74, 6) is 0.945. The second-order valence-corrected chi connectivity index (χ2v) is 12.3. The standard InChI is InChI=1S/C22H28ClN5O4S2/c1-16-13-27(34(31,32)12-9-18-3-4-19(23)33-18)15-22(30)28(16)14-17-7-10-26(11-8-17)20-5-6-21(29)25(2)24-20/h3-6,9,12,16-17H,7-8,10-11,13-15H2,1-2H3. The van der Waals surface area contributed by atoms with Crippen molar-refractivity contribution in [2.24, 2.45) is 13.0 Å². The second kappa shape index (κ2) is 10.2. The molecule has 2 aliphatic rings. The zero-order valence-electron chi connectivity index (χ0n) is 19.1. The van der Waals surface area contributed by atoms with Crippen molar-refractivity contribution < 1.29 is 13.2 Å². The van der Waals surface area contributed by atoms with Crippen LogP contribution in [0.3, 0.4) is 0 Å². The zero-order valence-corrected chi connectivity index (χ0v) is 21.5. The van der Waals surface area contributed by atoms with Crippen LogP contribution in [0.25, 0.3) is 6.08 Å². The molecule has 2 aliphatic heterocycles. The van der Waals surface area contributed by atoms with Crippen molar-refractivity contribution >= 4 is 50.8 Å². The van der Waals surface area contributed by atoms with Crippen LogP contribution in [0, 0.1) is 5.92 Å². The Morgan fingerprint density at radius 2 is 1.91 bits per heavy atom. The van der Waals surface area contributed by atoms with Crippen LogP contribution in [0.15, 0.2) is 34.5 Å². The summed E-state index contributed by atoms with van der Waals surface area (Å²) in [6, 6.07) is 6.53. The Morgan fingerprint density at radius 1 is 1.18 bits per heavy atom. The Kier molecular flexibility index (Phi) is 7.46. The number of piperidine rings is 1. The topological polar surface area (TPSA) is 95.8 Å². The summed E-state index contributed by atoms with van der Waals surface area (Å²) in [7, 11) is -2.07. The number of aryl methyl sites for hydroxylation is 1. The highest BCUT2D eigenvalue weighted by Gasteiger charge is 2.36. The molecule has 9 nitrogen and oxygen atoms in total. The fourth-order valence-corrected chi connectivity index (χ4v) is 6.61. The number of sulfonamides is 1. The van der Waals surface area contributed by atoms with Crippen LogP contribution >= 0.6 is 22.9 Å². The third-order valence-electron chi connectivity index (χ3n) is 6.33. The van der Waals surface area contributed by atoms with E-state index in [2.05, 4.69) is 10.00 Å². The maximum absolute atomic E-state index is 12.9. The fraction of sp³-hybridized carbons (Fsp3) is 0.500. The summed E-state index contributed by atoms with van der Waals surface area (Å²) >= 11 is 7.19. The number of carbonyl (C=O) groups excluding carboxylic acids is 1. The van der Waals surface area contributed by atoms with Gasteiger partial charge in [-0.3, -0.25) is 9.59 Å². The number of piperazine rings is 1. The quantitative estimate of drug-likeness (QED) is 0.574. The van der Waals surface area contributed by atoms with Gasteiger partial charge in [0.15, 0.2) is 0 Å². The number of anilines is 1. The number of amides is 1. The summed E-state index contributed by atoms with van der Waals surface area (Å²) in [5.41, 5.74) is -0.140. The number of hydrogen-bond acceptors (Lipinski definition) is 7. The summed E-state index contributed by atoms with van der Waals surface area (Å²) in [6.07, 6.45) is 3.31. The Bertz CT molecular complexity index is 1230. The molecule has 0 N–H and O–H groups in total. The molecule has 2 aromatic heterocycles. The molecule has 0 bridgehead atoms.